The first-order chi connectivity index (χ1) is 14.7. The number of nitrogens with zero attached hydrogens (tertiary/aromatic N) is 2. The lowest BCUT2D eigenvalue weighted by Crippen LogP contribution is -2.43. The maximum Gasteiger partial charge on any atom is 0.268 e. The smallest absolute Gasteiger partial charge is 0.268 e. The number of methoxy groups -OCH3 is 1. The fourth-order valence-corrected chi connectivity index (χ4v) is 5.49. The van der Waals surface area contributed by atoms with Crippen LogP contribution in [0.2, 0.25) is 0 Å². The number of carbonyl (C=O) groups excluding carboxylic acids is 1. The minimum absolute atomic E-state index is 0.0666. The van der Waals surface area contributed by atoms with Crippen molar-refractivity contribution < 1.29 is 17.9 Å². The van der Waals surface area contributed by atoms with Crippen LogP contribution in [0.5, 0.6) is 5.75 Å². The molecule has 0 spiro atoms. The Hall–Kier alpha value is -2.54. The highest BCUT2D eigenvalue weighted by molar-refractivity contribution is 7.93. The molecule has 0 unspecified atom stereocenters. The van der Waals surface area contributed by atoms with Crippen LogP contribution in [0.3, 0.4) is 0 Å². The van der Waals surface area contributed by atoms with E-state index in [1.165, 1.54) is 11.4 Å². The van der Waals surface area contributed by atoms with Crippen LogP contribution in [0.25, 0.3) is 0 Å². The van der Waals surface area contributed by atoms with E-state index >= 15 is 0 Å². The van der Waals surface area contributed by atoms with Gasteiger partial charge in [-0.15, -0.1) is 0 Å². The van der Waals surface area contributed by atoms with E-state index < -0.39 is 10.0 Å². The second kappa shape index (κ2) is 9.73. The van der Waals surface area contributed by atoms with Crippen molar-refractivity contribution in [2.24, 2.45) is 0 Å². The van der Waals surface area contributed by atoms with Crippen LogP contribution in [0.4, 0.5) is 5.69 Å². The van der Waals surface area contributed by atoms with Crippen molar-refractivity contribution in [3.63, 3.8) is 0 Å². The normalized spacial score (nSPS) is 14.8. The maximum atomic E-state index is 13.8. The minimum atomic E-state index is -4.03. The molecule has 1 aliphatic rings. The third-order valence-corrected chi connectivity index (χ3v) is 7.70. The number of sulfonamides is 1. The fourth-order valence-electron chi connectivity index (χ4n) is 3.84. The largest absolute Gasteiger partial charge is 0.495 e. The molecule has 0 radical (unpaired) electrons. The first-order valence-electron chi connectivity index (χ1n) is 10.8. The van der Waals surface area contributed by atoms with E-state index in [1.54, 1.807) is 29.2 Å². The highest BCUT2D eigenvalue weighted by Crippen LogP contribution is 2.32. The molecule has 1 aliphatic heterocycles. The van der Waals surface area contributed by atoms with Crippen LogP contribution in [-0.4, -0.2) is 46.0 Å². The molecule has 3 rings (SSSR count). The Morgan fingerprint density at radius 1 is 0.968 bits per heavy atom. The maximum absolute atomic E-state index is 13.8. The van der Waals surface area contributed by atoms with Gasteiger partial charge in [0, 0.05) is 13.1 Å². The van der Waals surface area contributed by atoms with Crippen LogP contribution >= 0.6 is 0 Å². The van der Waals surface area contributed by atoms with Gasteiger partial charge in [-0.2, -0.15) is 0 Å². The third-order valence-electron chi connectivity index (χ3n) is 5.90. The molecule has 2 aromatic carbocycles. The van der Waals surface area contributed by atoms with Crippen molar-refractivity contribution in [1.29, 1.82) is 0 Å². The number of ether oxygens (including phenoxy) is 1. The summed E-state index contributed by atoms with van der Waals surface area (Å²) < 4.78 is 34.2. The summed E-state index contributed by atoms with van der Waals surface area (Å²) in [5.41, 5.74) is 3.32. The van der Waals surface area contributed by atoms with Crippen molar-refractivity contribution >= 4 is 21.6 Å². The summed E-state index contributed by atoms with van der Waals surface area (Å²) in [7, 11) is -2.58. The zero-order valence-corrected chi connectivity index (χ0v) is 19.7. The number of likely N-dealkylation sites (tertiary alicyclic amines) is 1. The molecule has 1 heterocycles. The number of carbonyl (C=O) groups is 1. The van der Waals surface area contributed by atoms with Crippen molar-refractivity contribution in [3.8, 4) is 5.75 Å². The second-order valence-corrected chi connectivity index (χ2v) is 10.1. The predicted octanol–water partition coefficient (Wildman–Crippen LogP) is 4.22. The van der Waals surface area contributed by atoms with Crippen molar-refractivity contribution in [1.82, 2.24) is 4.90 Å². The Bertz CT molecular complexity index is 1040. The second-order valence-electron chi connectivity index (χ2n) is 8.23. The highest BCUT2D eigenvalue weighted by atomic mass is 32.2. The van der Waals surface area contributed by atoms with Crippen LogP contribution in [0, 0.1) is 20.8 Å². The van der Waals surface area contributed by atoms with Crippen molar-refractivity contribution in [3.05, 3.63) is 53.1 Å². The van der Waals surface area contributed by atoms with Gasteiger partial charge in [0.05, 0.1) is 12.8 Å². The Labute approximate surface area is 185 Å². The van der Waals surface area contributed by atoms with E-state index in [9.17, 15) is 13.2 Å². The Morgan fingerprint density at radius 2 is 1.65 bits per heavy atom. The van der Waals surface area contributed by atoms with Gasteiger partial charge in [-0.3, -0.25) is 9.10 Å². The molecule has 1 fully saturated rings. The average Bonchev–Trinajstić information content (AvgIpc) is 3.03. The first kappa shape index (κ1) is 23.1. The Kier molecular flexibility index (Phi) is 7.26. The molecule has 0 aromatic heterocycles. The van der Waals surface area contributed by atoms with E-state index in [0.29, 0.717) is 18.8 Å². The monoisotopic (exact) mass is 444 g/mol. The van der Waals surface area contributed by atoms with Crippen LogP contribution in [-0.2, 0) is 14.8 Å². The van der Waals surface area contributed by atoms with Gasteiger partial charge in [0.1, 0.15) is 17.2 Å². The van der Waals surface area contributed by atoms with E-state index in [-0.39, 0.29) is 23.1 Å². The molecule has 168 valence electrons. The molecule has 1 saturated heterocycles. The van der Waals surface area contributed by atoms with Gasteiger partial charge in [0.15, 0.2) is 0 Å². The van der Waals surface area contributed by atoms with Gasteiger partial charge >= 0.3 is 0 Å². The molecule has 6 nitrogen and oxygen atoms in total. The number of anilines is 1. The molecule has 0 aliphatic carbocycles. The van der Waals surface area contributed by atoms with Gasteiger partial charge in [0.2, 0.25) is 5.91 Å². The summed E-state index contributed by atoms with van der Waals surface area (Å²) in [5.74, 6) is 0.0944. The molecule has 7 heteroatoms. The van der Waals surface area contributed by atoms with E-state index in [0.717, 1.165) is 42.4 Å². The van der Waals surface area contributed by atoms with Gasteiger partial charge in [-0.1, -0.05) is 25.0 Å². The lowest BCUT2D eigenvalue weighted by Gasteiger charge is -2.28. The fraction of sp³-hybridized carbons (Fsp3) is 0.458. The van der Waals surface area contributed by atoms with Crippen LogP contribution in [0.15, 0.2) is 41.3 Å². The SMILES string of the molecule is COc1ccc(C)cc1S(=O)(=O)N(CC(=O)N1CCCCCC1)c1ccc(C)c(C)c1. The summed E-state index contributed by atoms with van der Waals surface area (Å²) in [6, 6.07) is 10.5. The van der Waals surface area contributed by atoms with Crippen molar-refractivity contribution in [2.75, 3.05) is 31.0 Å². The molecular weight excluding hydrogens is 412 g/mol. The standard InChI is InChI=1S/C24H32N2O4S/c1-18-9-12-22(30-4)23(15-18)31(28,29)26(21-11-10-19(2)20(3)16-21)17-24(27)25-13-7-5-6-8-14-25/h9-12,15-16H,5-8,13-14,17H2,1-4H3. The molecule has 31 heavy (non-hydrogen) atoms. The summed E-state index contributed by atoms with van der Waals surface area (Å²) in [4.78, 5) is 15.0. The molecule has 0 bridgehead atoms. The molecular formula is C24H32N2O4S. The number of aryl methyl sites for hydroxylation is 3. The summed E-state index contributed by atoms with van der Waals surface area (Å²) in [6.07, 6.45) is 4.11. The predicted molar refractivity (Wildman–Crippen MR) is 123 cm³/mol. The van der Waals surface area contributed by atoms with E-state index in [2.05, 4.69) is 0 Å². The molecule has 0 atom stereocenters. The van der Waals surface area contributed by atoms with Gasteiger partial charge < -0.3 is 9.64 Å². The van der Waals surface area contributed by atoms with Crippen LogP contribution < -0.4 is 9.04 Å². The van der Waals surface area contributed by atoms with Gasteiger partial charge in [-0.05, 0) is 74.6 Å². The highest BCUT2D eigenvalue weighted by Gasteiger charge is 2.31. The quantitative estimate of drug-likeness (QED) is 0.669. The Morgan fingerprint density at radius 3 is 2.26 bits per heavy atom. The number of rotatable bonds is 6. The lowest BCUT2D eigenvalue weighted by atomic mass is 10.1. The number of benzene rings is 2. The molecule has 2 aromatic rings. The average molecular weight is 445 g/mol. The zero-order chi connectivity index (χ0) is 22.6. The third kappa shape index (κ3) is 5.21. The number of amides is 1. The summed E-state index contributed by atoms with van der Waals surface area (Å²) in [5, 5.41) is 0. The first-order valence-corrected chi connectivity index (χ1v) is 12.2. The summed E-state index contributed by atoms with van der Waals surface area (Å²) in [6.45, 7) is 6.86. The molecule has 0 saturated carbocycles. The minimum Gasteiger partial charge on any atom is -0.495 e. The number of hydrogen-bond donors (Lipinski definition) is 0. The molecule has 0 N–H and O–H groups in total. The molecule has 1 amide bonds. The number of hydrogen-bond acceptors (Lipinski definition) is 4. The lowest BCUT2D eigenvalue weighted by molar-refractivity contribution is -0.129. The van der Waals surface area contributed by atoms with E-state index in [1.807, 2.05) is 32.9 Å². The Balaban J connectivity index is 2.06. The van der Waals surface area contributed by atoms with Gasteiger partial charge in [0.25, 0.3) is 10.0 Å². The van der Waals surface area contributed by atoms with Gasteiger partial charge in [-0.25, -0.2) is 8.42 Å². The zero-order valence-electron chi connectivity index (χ0n) is 18.8. The van der Waals surface area contributed by atoms with Crippen LogP contribution in [0.1, 0.15) is 42.4 Å². The van der Waals surface area contributed by atoms with E-state index in [4.69, 9.17) is 4.74 Å². The summed E-state index contributed by atoms with van der Waals surface area (Å²) >= 11 is 0. The topological polar surface area (TPSA) is 66.9 Å². The van der Waals surface area contributed by atoms with Crippen molar-refractivity contribution in [2.45, 2.75) is 51.3 Å².